The summed E-state index contributed by atoms with van der Waals surface area (Å²) < 4.78 is 18.2. The first-order valence-corrected chi connectivity index (χ1v) is 11.1. The summed E-state index contributed by atoms with van der Waals surface area (Å²) in [7, 11) is 1.64. The third-order valence-electron chi connectivity index (χ3n) is 5.75. The molecule has 1 fully saturated rings. The molecule has 33 heavy (non-hydrogen) atoms. The van der Waals surface area contributed by atoms with Gasteiger partial charge >= 0.3 is 5.97 Å². The Kier molecular flexibility index (Phi) is 7.26. The molecule has 2 aromatic carbocycles. The third kappa shape index (κ3) is 5.18. The highest BCUT2D eigenvalue weighted by Gasteiger charge is 2.25. The maximum Gasteiger partial charge on any atom is 0.343 e. The number of methoxy groups -OCH3 is 1. The molecule has 4 rings (SSSR count). The van der Waals surface area contributed by atoms with Gasteiger partial charge in [0.15, 0.2) is 0 Å². The molecule has 1 aliphatic heterocycles. The van der Waals surface area contributed by atoms with E-state index >= 15 is 0 Å². The number of aromatic carboxylic acids is 1. The monoisotopic (exact) mass is 451 g/mol. The van der Waals surface area contributed by atoms with Crippen LogP contribution in [0.1, 0.15) is 23.0 Å². The lowest BCUT2D eigenvalue weighted by Gasteiger charge is -2.26. The van der Waals surface area contributed by atoms with Crippen LogP contribution in [0, 0.1) is 0 Å². The maximum absolute atomic E-state index is 12.0. The largest absolute Gasteiger partial charge is 0.497 e. The molecular formula is C25H29N3O5. The molecule has 1 aromatic heterocycles. The second kappa shape index (κ2) is 10.5. The van der Waals surface area contributed by atoms with E-state index in [0.29, 0.717) is 38.5 Å². The van der Waals surface area contributed by atoms with Crippen molar-refractivity contribution in [3.05, 3.63) is 59.8 Å². The number of hydrogen-bond acceptors (Lipinski definition) is 6. The summed E-state index contributed by atoms with van der Waals surface area (Å²) in [4.78, 5) is 14.3. The molecule has 0 spiro atoms. The quantitative estimate of drug-likeness (QED) is 0.533. The van der Waals surface area contributed by atoms with Crippen molar-refractivity contribution in [1.82, 2.24) is 14.7 Å². The number of carboxylic acid groups (broad SMARTS) is 1. The lowest BCUT2D eigenvalue weighted by Crippen LogP contribution is -2.38. The van der Waals surface area contributed by atoms with Crippen molar-refractivity contribution >= 4 is 5.97 Å². The van der Waals surface area contributed by atoms with Gasteiger partial charge < -0.3 is 19.3 Å². The number of aromatic nitrogens is 2. The van der Waals surface area contributed by atoms with Gasteiger partial charge in [-0.3, -0.25) is 4.90 Å². The van der Waals surface area contributed by atoms with Gasteiger partial charge in [0.25, 0.3) is 0 Å². The molecule has 174 valence electrons. The number of nitrogens with zero attached hydrogens (tertiary/aromatic N) is 3. The van der Waals surface area contributed by atoms with Gasteiger partial charge in [-0.2, -0.15) is 5.10 Å². The van der Waals surface area contributed by atoms with Crippen molar-refractivity contribution in [2.24, 2.45) is 0 Å². The molecule has 1 N–H and O–H groups in total. The van der Waals surface area contributed by atoms with E-state index in [4.69, 9.17) is 14.2 Å². The maximum atomic E-state index is 12.0. The summed E-state index contributed by atoms with van der Waals surface area (Å²) in [6.07, 6.45) is 0.498. The fourth-order valence-electron chi connectivity index (χ4n) is 3.89. The molecule has 1 saturated heterocycles. The lowest BCUT2D eigenvalue weighted by atomic mass is 10.1. The molecule has 3 aromatic rings. The predicted octanol–water partition coefficient (Wildman–Crippen LogP) is 3.52. The van der Waals surface area contributed by atoms with E-state index in [9.17, 15) is 9.90 Å². The highest BCUT2D eigenvalue weighted by atomic mass is 16.5. The smallest absolute Gasteiger partial charge is 0.343 e. The first-order valence-electron chi connectivity index (χ1n) is 11.1. The summed E-state index contributed by atoms with van der Waals surface area (Å²) >= 11 is 0. The Bertz CT molecular complexity index is 1070. The summed E-state index contributed by atoms with van der Waals surface area (Å²) in [5.74, 6) is 0.0400. The SMILES string of the molecule is CCc1nn(-c2ccc(-c3ccc(OC)cc3)cc2)c(OCCN2CCOCC2)c1C(=O)O. The zero-order valence-corrected chi connectivity index (χ0v) is 19.0. The molecule has 0 aliphatic carbocycles. The van der Waals surface area contributed by atoms with Gasteiger partial charge in [0.1, 0.15) is 17.9 Å². The number of morpholine rings is 1. The summed E-state index contributed by atoms with van der Waals surface area (Å²) in [6, 6.07) is 15.7. The number of carbonyl (C=O) groups is 1. The van der Waals surface area contributed by atoms with Crippen LogP contribution >= 0.6 is 0 Å². The van der Waals surface area contributed by atoms with Gasteiger partial charge in [0, 0.05) is 19.6 Å². The zero-order valence-electron chi connectivity index (χ0n) is 19.0. The van der Waals surface area contributed by atoms with Crippen molar-refractivity contribution in [3.63, 3.8) is 0 Å². The highest BCUT2D eigenvalue weighted by molar-refractivity contribution is 5.92. The van der Waals surface area contributed by atoms with Crippen LogP contribution in [0.5, 0.6) is 11.6 Å². The van der Waals surface area contributed by atoms with Crippen LogP contribution in [0.15, 0.2) is 48.5 Å². The van der Waals surface area contributed by atoms with Gasteiger partial charge in [0.05, 0.1) is 31.7 Å². The van der Waals surface area contributed by atoms with Gasteiger partial charge in [-0.15, -0.1) is 0 Å². The molecule has 0 atom stereocenters. The molecule has 0 saturated carbocycles. The number of benzene rings is 2. The molecule has 1 aliphatic rings. The Labute approximate surface area is 193 Å². The Hall–Kier alpha value is -3.36. The standard InChI is InChI=1S/C25H29N3O5/c1-3-22-23(25(29)30)24(33-17-14-27-12-15-32-16-13-27)28(26-22)20-8-4-18(5-9-20)19-6-10-21(31-2)11-7-19/h4-11H,3,12-17H2,1-2H3,(H,29,30). The molecule has 0 radical (unpaired) electrons. The molecule has 8 nitrogen and oxygen atoms in total. The molecule has 0 bridgehead atoms. The number of rotatable bonds is 9. The minimum Gasteiger partial charge on any atom is -0.497 e. The zero-order chi connectivity index (χ0) is 23.2. The van der Waals surface area contributed by atoms with Crippen LogP contribution in [0.3, 0.4) is 0 Å². The van der Waals surface area contributed by atoms with Gasteiger partial charge in [0.2, 0.25) is 5.88 Å². The van der Waals surface area contributed by atoms with Crippen molar-refractivity contribution < 1.29 is 24.1 Å². The number of carboxylic acids is 1. The number of hydrogen-bond donors (Lipinski definition) is 1. The van der Waals surface area contributed by atoms with Crippen molar-refractivity contribution in [2.45, 2.75) is 13.3 Å². The fraction of sp³-hybridized carbons (Fsp3) is 0.360. The summed E-state index contributed by atoms with van der Waals surface area (Å²) in [5.41, 5.74) is 3.47. The van der Waals surface area contributed by atoms with E-state index < -0.39 is 5.97 Å². The molecule has 8 heteroatoms. The summed E-state index contributed by atoms with van der Waals surface area (Å²) in [5, 5.41) is 14.4. The van der Waals surface area contributed by atoms with Crippen LogP contribution in [-0.2, 0) is 11.2 Å². The van der Waals surface area contributed by atoms with Crippen LogP contribution in [-0.4, -0.2) is 72.3 Å². The van der Waals surface area contributed by atoms with Crippen molar-refractivity contribution in [1.29, 1.82) is 0 Å². The Morgan fingerprint density at radius 3 is 2.27 bits per heavy atom. The molecule has 0 unspecified atom stereocenters. The van der Waals surface area contributed by atoms with Crippen LogP contribution in [0.2, 0.25) is 0 Å². The Morgan fingerprint density at radius 2 is 1.70 bits per heavy atom. The van der Waals surface area contributed by atoms with Crippen LogP contribution < -0.4 is 9.47 Å². The number of aryl methyl sites for hydroxylation is 1. The van der Waals surface area contributed by atoms with Crippen LogP contribution in [0.4, 0.5) is 0 Å². The lowest BCUT2D eigenvalue weighted by molar-refractivity contribution is 0.0317. The Morgan fingerprint density at radius 1 is 1.06 bits per heavy atom. The van der Waals surface area contributed by atoms with E-state index in [1.807, 2.05) is 55.5 Å². The van der Waals surface area contributed by atoms with E-state index in [0.717, 1.165) is 35.7 Å². The van der Waals surface area contributed by atoms with E-state index in [1.54, 1.807) is 11.8 Å². The number of ether oxygens (including phenoxy) is 3. The highest BCUT2D eigenvalue weighted by Crippen LogP contribution is 2.29. The van der Waals surface area contributed by atoms with E-state index in [1.165, 1.54) is 0 Å². The fourth-order valence-corrected chi connectivity index (χ4v) is 3.89. The minimum absolute atomic E-state index is 0.124. The topological polar surface area (TPSA) is 86.0 Å². The molecule has 0 amide bonds. The van der Waals surface area contributed by atoms with Gasteiger partial charge in [-0.1, -0.05) is 31.2 Å². The molecular weight excluding hydrogens is 422 g/mol. The Balaban J connectivity index is 1.59. The normalized spacial score (nSPS) is 14.2. The molecule has 2 heterocycles. The first-order chi connectivity index (χ1) is 16.1. The first kappa shape index (κ1) is 22.8. The van der Waals surface area contributed by atoms with E-state index in [2.05, 4.69) is 10.00 Å². The van der Waals surface area contributed by atoms with Crippen LogP contribution in [0.25, 0.3) is 16.8 Å². The van der Waals surface area contributed by atoms with Crippen molar-refractivity contribution in [2.75, 3.05) is 46.6 Å². The summed E-state index contributed by atoms with van der Waals surface area (Å²) in [6.45, 7) is 6.08. The second-order valence-corrected chi connectivity index (χ2v) is 7.78. The second-order valence-electron chi connectivity index (χ2n) is 7.78. The van der Waals surface area contributed by atoms with Gasteiger partial charge in [-0.25, -0.2) is 9.48 Å². The average molecular weight is 452 g/mol. The predicted molar refractivity (Wildman–Crippen MR) is 125 cm³/mol. The van der Waals surface area contributed by atoms with Gasteiger partial charge in [-0.05, 0) is 41.8 Å². The minimum atomic E-state index is -1.03. The van der Waals surface area contributed by atoms with Crippen molar-refractivity contribution in [3.8, 4) is 28.4 Å². The third-order valence-corrected chi connectivity index (χ3v) is 5.75. The van der Waals surface area contributed by atoms with E-state index in [-0.39, 0.29) is 11.4 Å². The average Bonchev–Trinajstić information content (AvgIpc) is 3.24.